The summed E-state index contributed by atoms with van der Waals surface area (Å²) in [4.78, 5) is 51.4. The van der Waals surface area contributed by atoms with Crippen molar-refractivity contribution in [3.05, 3.63) is 59.1 Å². The van der Waals surface area contributed by atoms with Crippen molar-refractivity contribution in [3.63, 3.8) is 0 Å². The summed E-state index contributed by atoms with van der Waals surface area (Å²) in [5.41, 5.74) is 0.873. The molecule has 2 aromatic rings. The molecule has 2 aromatic carbocycles. The highest BCUT2D eigenvalue weighted by Crippen LogP contribution is 2.43. The van der Waals surface area contributed by atoms with Gasteiger partial charge in [0, 0.05) is 10.7 Å². The van der Waals surface area contributed by atoms with Gasteiger partial charge in [0.1, 0.15) is 0 Å². The molecule has 1 N–H and O–H groups in total. The van der Waals surface area contributed by atoms with Crippen molar-refractivity contribution in [2.45, 2.75) is 23.6 Å². The molecular weight excluding hydrogens is 491 g/mol. The summed E-state index contributed by atoms with van der Waals surface area (Å²) in [5.74, 6) is -3.05. The van der Waals surface area contributed by atoms with Crippen LogP contribution in [0.3, 0.4) is 0 Å². The van der Waals surface area contributed by atoms with Gasteiger partial charge in [0.2, 0.25) is 11.8 Å². The summed E-state index contributed by atoms with van der Waals surface area (Å²) in [6, 6.07) is 12.4. The second kappa shape index (κ2) is 9.71. The van der Waals surface area contributed by atoms with E-state index in [0.29, 0.717) is 23.6 Å². The number of anilines is 2. The lowest BCUT2D eigenvalue weighted by atomic mass is 9.80. The Hall–Kier alpha value is -2.61. The Morgan fingerprint density at radius 2 is 1.58 bits per heavy atom. The largest absolute Gasteiger partial charge is 0.452 e. The van der Waals surface area contributed by atoms with E-state index < -0.39 is 30.3 Å². The van der Waals surface area contributed by atoms with Gasteiger partial charge in [0.15, 0.2) is 6.61 Å². The first-order valence-corrected chi connectivity index (χ1v) is 11.5. The molecule has 33 heavy (non-hydrogen) atoms. The van der Waals surface area contributed by atoms with E-state index in [9.17, 15) is 19.2 Å². The summed E-state index contributed by atoms with van der Waals surface area (Å²) in [7, 11) is 0. The van der Waals surface area contributed by atoms with Crippen molar-refractivity contribution >= 4 is 69.9 Å². The van der Waals surface area contributed by atoms with Crippen molar-refractivity contribution in [1.29, 1.82) is 0 Å². The van der Waals surface area contributed by atoms with E-state index in [1.165, 1.54) is 18.2 Å². The van der Waals surface area contributed by atoms with Gasteiger partial charge in [-0.15, -0.1) is 23.2 Å². The SMILES string of the molecule is O=C(COC(=O)c1cccc(N2C(=O)[C@H]3C[C@@H](Cl)[C@@H](Cl)C[C@H]3C2=O)c1)Nc1ccc(Cl)cc1. The molecule has 1 heterocycles. The maximum Gasteiger partial charge on any atom is 0.338 e. The van der Waals surface area contributed by atoms with Gasteiger partial charge in [0.05, 0.1) is 33.8 Å². The Kier molecular flexibility index (Phi) is 6.93. The lowest BCUT2D eigenvalue weighted by molar-refractivity contribution is -0.122. The maximum atomic E-state index is 12.9. The van der Waals surface area contributed by atoms with E-state index in [0.717, 1.165) is 4.90 Å². The molecule has 1 aliphatic carbocycles. The molecule has 3 amide bonds. The second-order valence-corrected chi connectivity index (χ2v) is 9.47. The molecule has 172 valence electrons. The van der Waals surface area contributed by atoms with Crippen molar-refractivity contribution in [2.24, 2.45) is 11.8 Å². The standard InChI is InChI=1S/C23H19Cl3N2O5/c24-13-4-6-14(7-5-13)27-20(29)11-33-23(32)12-2-1-3-15(8-12)28-21(30)16-9-18(25)19(26)10-17(16)22(28)31/h1-8,16-19H,9-11H2,(H,27,29)/t16-,17+,18+,19-. The molecule has 0 bridgehead atoms. The highest BCUT2D eigenvalue weighted by atomic mass is 35.5. The van der Waals surface area contributed by atoms with Crippen LogP contribution in [0.4, 0.5) is 11.4 Å². The Labute approximate surface area is 204 Å². The summed E-state index contributed by atoms with van der Waals surface area (Å²) < 4.78 is 5.08. The van der Waals surface area contributed by atoms with E-state index in [4.69, 9.17) is 39.5 Å². The van der Waals surface area contributed by atoms with Gasteiger partial charge >= 0.3 is 5.97 Å². The van der Waals surface area contributed by atoms with Crippen LogP contribution < -0.4 is 10.2 Å². The van der Waals surface area contributed by atoms with Crippen LogP contribution in [0.1, 0.15) is 23.2 Å². The van der Waals surface area contributed by atoms with Gasteiger partial charge in [-0.3, -0.25) is 19.3 Å². The number of fused-ring (bicyclic) bond motifs is 1. The average Bonchev–Trinajstić information content (AvgIpc) is 3.03. The molecule has 1 saturated carbocycles. The molecule has 4 atom stereocenters. The minimum absolute atomic E-state index is 0.104. The molecule has 1 saturated heterocycles. The fraction of sp³-hybridized carbons (Fsp3) is 0.304. The summed E-state index contributed by atoms with van der Waals surface area (Å²) in [6.07, 6.45) is 0.651. The number of esters is 1. The molecule has 0 aromatic heterocycles. The molecule has 4 rings (SSSR count). The van der Waals surface area contributed by atoms with E-state index in [1.54, 1.807) is 30.3 Å². The van der Waals surface area contributed by atoms with Gasteiger partial charge in [0.25, 0.3) is 5.91 Å². The van der Waals surface area contributed by atoms with Crippen LogP contribution >= 0.6 is 34.8 Å². The average molecular weight is 510 g/mol. The number of carbonyl (C=O) groups excluding carboxylic acids is 4. The third kappa shape index (κ3) is 5.00. The molecular formula is C23H19Cl3N2O5. The second-order valence-electron chi connectivity index (χ2n) is 7.91. The Morgan fingerprint density at radius 3 is 2.18 bits per heavy atom. The monoisotopic (exact) mass is 508 g/mol. The number of nitrogens with zero attached hydrogens (tertiary/aromatic N) is 1. The molecule has 0 radical (unpaired) electrons. The van der Waals surface area contributed by atoms with Crippen molar-refractivity contribution in [2.75, 3.05) is 16.8 Å². The first-order valence-electron chi connectivity index (χ1n) is 10.2. The highest BCUT2D eigenvalue weighted by molar-refractivity contribution is 6.31. The minimum atomic E-state index is -0.763. The Bertz CT molecular complexity index is 1080. The molecule has 10 heteroatoms. The first kappa shape index (κ1) is 23.5. The number of alkyl halides is 2. The topological polar surface area (TPSA) is 92.8 Å². The lowest BCUT2D eigenvalue weighted by Gasteiger charge is -2.28. The normalized spacial score (nSPS) is 24.4. The minimum Gasteiger partial charge on any atom is -0.452 e. The predicted molar refractivity (Wildman–Crippen MR) is 125 cm³/mol. The zero-order valence-corrected chi connectivity index (χ0v) is 19.4. The number of amides is 3. The van der Waals surface area contributed by atoms with Gasteiger partial charge in [-0.1, -0.05) is 17.7 Å². The molecule has 7 nitrogen and oxygen atoms in total. The summed E-state index contributed by atoms with van der Waals surface area (Å²) >= 11 is 18.2. The number of halogens is 3. The van der Waals surface area contributed by atoms with Crippen LogP contribution in [0.2, 0.25) is 5.02 Å². The number of nitrogens with one attached hydrogen (secondary N) is 1. The third-order valence-corrected chi connectivity index (χ3v) is 7.06. The van der Waals surface area contributed by atoms with E-state index in [2.05, 4.69) is 5.32 Å². The van der Waals surface area contributed by atoms with Crippen molar-refractivity contribution in [3.8, 4) is 0 Å². The Balaban J connectivity index is 1.41. The molecule has 1 aliphatic heterocycles. The number of carbonyl (C=O) groups is 4. The van der Waals surface area contributed by atoms with Gasteiger partial charge in [-0.2, -0.15) is 0 Å². The molecule has 0 spiro atoms. The van der Waals surface area contributed by atoms with Crippen LogP contribution in [0.15, 0.2) is 48.5 Å². The fourth-order valence-electron chi connectivity index (χ4n) is 4.07. The number of imide groups is 1. The number of hydrogen-bond acceptors (Lipinski definition) is 5. The third-order valence-electron chi connectivity index (χ3n) is 5.71. The molecule has 2 aliphatic rings. The number of hydrogen-bond donors (Lipinski definition) is 1. The molecule has 0 unspecified atom stereocenters. The maximum absolute atomic E-state index is 12.9. The molecule has 2 fully saturated rings. The smallest absolute Gasteiger partial charge is 0.338 e. The van der Waals surface area contributed by atoms with E-state index in [-0.39, 0.29) is 33.8 Å². The van der Waals surface area contributed by atoms with Crippen molar-refractivity contribution in [1.82, 2.24) is 0 Å². The summed E-state index contributed by atoms with van der Waals surface area (Å²) in [5, 5.41) is 2.34. The van der Waals surface area contributed by atoms with Crippen LogP contribution in [-0.4, -0.2) is 41.1 Å². The van der Waals surface area contributed by atoms with Crippen LogP contribution in [-0.2, 0) is 19.1 Å². The van der Waals surface area contributed by atoms with Gasteiger partial charge in [-0.05, 0) is 55.3 Å². The van der Waals surface area contributed by atoms with Gasteiger partial charge in [-0.25, -0.2) is 4.79 Å². The number of benzene rings is 2. The first-order chi connectivity index (χ1) is 15.7. The lowest BCUT2D eigenvalue weighted by Crippen LogP contribution is -2.34. The highest BCUT2D eigenvalue weighted by Gasteiger charge is 2.52. The van der Waals surface area contributed by atoms with Crippen LogP contribution in [0.25, 0.3) is 0 Å². The predicted octanol–water partition coefficient (Wildman–Crippen LogP) is 4.25. The van der Waals surface area contributed by atoms with Crippen LogP contribution in [0.5, 0.6) is 0 Å². The van der Waals surface area contributed by atoms with E-state index in [1.807, 2.05) is 0 Å². The van der Waals surface area contributed by atoms with E-state index >= 15 is 0 Å². The summed E-state index contributed by atoms with van der Waals surface area (Å²) in [6.45, 7) is -0.508. The number of ether oxygens (including phenoxy) is 1. The Morgan fingerprint density at radius 1 is 0.970 bits per heavy atom. The zero-order valence-electron chi connectivity index (χ0n) is 17.2. The van der Waals surface area contributed by atoms with Crippen LogP contribution in [0, 0.1) is 11.8 Å². The van der Waals surface area contributed by atoms with Gasteiger partial charge < -0.3 is 10.1 Å². The fourth-order valence-corrected chi connectivity index (χ4v) is 4.78. The van der Waals surface area contributed by atoms with Crippen molar-refractivity contribution < 1.29 is 23.9 Å². The number of rotatable bonds is 5. The zero-order chi connectivity index (χ0) is 23.7. The quantitative estimate of drug-likeness (QED) is 0.370.